The zero-order valence-corrected chi connectivity index (χ0v) is 39.1. The number of hydrogen-bond acceptors (Lipinski definition) is 12. The molecule has 0 bridgehead atoms. The zero-order chi connectivity index (χ0) is 45.0. The van der Waals surface area contributed by atoms with Crippen LogP contribution in [0.3, 0.4) is 0 Å². The third-order valence-electron chi connectivity index (χ3n) is 11.6. The van der Waals surface area contributed by atoms with Crippen molar-refractivity contribution >= 4 is 19.8 Å². The van der Waals surface area contributed by atoms with Crippen LogP contribution in [-0.2, 0) is 32.7 Å². The number of ether oxygens (including phenoxy) is 2. The van der Waals surface area contributed by atoms with Crippen LogP contribution in [0.1, 0.15) is 219 Å². The number of carbonyl (C=O) groups excluding carboxylic acids is 2. The molecule has 13 nitrogen and oxygen atoms in total. The summed E-state index contributed by atoms with van der Waals surface area (Å²) in [5.41, 5.74) is 0. The van der Waals surface area contributed by atoms with Gasteiger partial charge in [0.25, 0.3) is 0 Å². The molecule has 360 valence electrons. The predicted octanol–water partition coefficient (Wildman–Crippen LogP) is 9.84. The molecule has 0 saturated heterocycles. The maximum atomic E-state index is 12.8. The van der Waals surface area contributed by atoms with E-state index in [1.54, 1.807) is 0 Å². The van der Waals surface area contributed by atoms with Gasteiger partial charge >= 0.3 is 19.8 Å². The molecule has 0 radical (unpaired) electrons. The fraction of sp³-hybridized carbons (Fsp3) is 0.915. The lowest BCUT2D eigenvalue weighted by Gasteiger charge is -2.41. The Hall–Kier alpha value is -1.41. The first-order chi connectivity index (χ1) is 29.4. The second-order valence-corrected chi connectivity index (χ2v) is 18.7. The minimum absolute atomic E-state index is 0.101. The lowest BCUT2D eigenvalue weighted by Crippen LogP contribution is -2.64. The van der Waals surface area contributed by atoms with Gasteiger partial charge in [-0.3, -0.25) is 18.6 Å². The van der Waals surface area contributed by atoms with Crippen LogP contribution in [0.5, 0.6) is 0 Å². The average molecular weight is 893 g/mol. The standard InChI is InChI=1S/C47H89O13P/c1-3-5-7-9-11-13-15-17-18-19-20-21-22-23-24-26-28-30-32-34-36-41(49)59-39(37-57-40(48)35-33-31-29-27-25-16-14-12-10-8-6-4-2)38-58-61(55,56)60-47-45(53)43(51)42(50)44(52)46(47)54/h12,14,39,42-47,50-54H,3-11,13,15-38H2,1-2H3,(H,55,56)/b14-12+/t39-,42?,43-,44?,45?,46?,47?/m1/s1. The van der Waals surface area contributed by atoms with Gasteiger partial charge in [-0.1, -0.05) is 180 Å². The summed E-state index contributed by atoms with van der Waals surface area (Å²) in [4.78, 5) is 35.7. The zero-order valence-electron chi connectivity index (χ0n) is 38.2. The minimum atomic E-state index is -5.11. The molecule has 1 saturated carbocycles. The molecule has 0 amide bonds. The van der Waals surface area contributed by atoms with Crippen LogP contribution in [0, 0.1) is 0 Å². The Morgan fingerprint density at radius 3 is 1.28 bits per heavy atom. The maximum Gasteiger partial charge on any atom is 0.472 e. The summed E-state index contributed by atoms with van der Waals surface area (Å²) in [7, 11) is -5.11. The number of allylic oxidation sites excluding steroid dienone is 2. The number of hydrogen-bond donors (Lipinski definition) is 6. The third-order valence-corrected chi connectivity index (χ3v) is 12.6. The van der Waals surface area contributed by atoms with E-state index in [0.29, 0.717) is 12.8 Å². The highest BCUT2D eigenvalue weighted by atomic mass is 31.2. The van der Waals surface area contributed by atoms with Gasteiger partial charge in [-0.25, -0.2) is 4.57 Å². The molecule has 0 aromatic heterocycles. The largest absolute Gasteiger partial charge is 0.472 e. The van der Waals surface area contributed by atoms with Gasteiger partial charge in [0, 0.05) is 12.8 Å². The van der Waals surface area contributed by atoms with Gasteiger partial charge in [0.1, 0.15) is 43.2 Å². The summed E-state index contributed by atoms with van der Waals surface area (Å²) in [6.45, 7) is 3.29. The average Bonchev–Trinajstić information content (AvgIpc) is 3.24. The van der Waals surface area contributed by atoms with Crippen molar-refractivity contribution in [3.63, 3.8) is 0 Å². The molecule has 0 heterocycles. The number of phosphoric ester groups is 1. The number of aliphatic hydroxyl groups excluding tert-OH is 5. The number of aliphatic hydroxyl groups is 5. The monoisotopic (exact) mass is 893 g/mol. The number of phosphoric acid groups is 1. The lowest BCUT2D eigenvalue weighted by molar-refractivity contribution is -0.220. The molecule has 1 aliphatic carbocycles. The topological polar surface area (TPSA) is 210 Å². The molecule has 6 N–H and O–H groups in total. The van der Waals surface area contributed by atoms with Crippen LogP contribution >= 0.6 is 7.82 Å². The van der Waals surface area contributed by atoms with Crippen molar-refractivity contribution in [2.24, 2.45) is 0 Å². The Labute approximate surface area is 369 Å². The van der Waals surface area contributed by atoms with Gasteiger partial charge in [0.15, 0.2) is 6.10 Å². The second kappa shape index (κ2) is 37.9. The van der Waals surface area contributed by atoms with Gasteiger partial charge in [0.2, 0.25) is 0 Å². The van der Waals surface area contributed by atoms with E-state index < -0.39 is 75.7 Å². The fourth-order valence-electron chi connectivity index (χ4n) is 7.64. The van der Waals surface area contributed by atoms with Crippen molar-refractivity contribution < 1.29 is 63.1 Å². The Kier molecular flexibility index (Phi) is 35.8. The van der Waals surface area contributed by atoms with Crippen molar-refractivity contribution in [1.29, 1.82) is 0 Å². The summed E-state index contributed by atoms with van der Waals surface area (Å²) in [5.74, 6) is -1.10. The molecule has 1 fully saturated rings. The summed E-state index contributed by atoms with van der Waals surface area (Å²) in [6.07, 6.45) is 27.0. The number of carbonyl (C=O) groups is 2. The van der Waals surface area contributed by atoms with E-state index in [1.807, 2.05) is 0 Å². The number of rotatable bonds is 41. The Morgan fingerprint density at radius 1 is 0.492 bits per heavy atom. The normalized spacial score (nSPS) is 22.0. The molecule has 0 aliphatic heterocycles. The lowest BCUT2D eigenvalue weighted by atomic mass is 9.85. The van der Waals surface area contributed by atoms with Crippen LogP contribution in [0.15, 0.2) is 12.2 Å². The molecular weight excluding hydrogens is 803 g/mol. The third kappa shape index (κ3) is 30.4. The van der Waals surface area contributed by atoms with Crippen LogP contribution in [-0.4, -0.2) is 98.3 Å². The highest BCUT2D eigenvalue weighted by Crippen LogP contribution is 2.47. The molecule has 1 aliphatic rings. The Balaban J connectivity index is 2.39. The molecule has 0 aromatic rings. The summed E-state index contributed by atoms with van der Waals surface area (Å²) in [5, 5.41) is 50.2. The molecule has 6 unspecified atom stereocenters. The summed E-state index contributed by atoms with van der Waals surface area (Å²) < 4.78 is 33.5. The van der Waals surface area contributed by atoms with Gasteiger partial charge < -0.3 is 39.9 Å². The maximum absolute atomic E-state index is 12.8. The highest BCUT2D eigenvalue weighted by molar-refractivity contribution is 7.47. The van der Waals surface area contributed by atoms with E-state index in [4.69, 9.17) is 18.5 Å². The molecule has 61 heavy (non-hydrogen) atoms. The van der Waals surface area contributed by atoms with Crippen molar-refractivity contribution in [3.05, 3.63) is 12.2 Å². The molecule has 1 rings (SSSR count). The first kappa shape index (κ1) is 57.6. The van der Waals surface area contributed by atoms with Crippen molar-refractivity contribution in [2.75, 3.05) is 13.2 Å². The van der Waals surface area contributed by atoms with E-state index in [9.17, 15) is 44.6 Å². The molecule has 14 heteroatoms. The van der Waals surface area contributed by atoms with Crippen molar-refractivity contribution in [1.82, 2.24) is 0 Å². The van der Waals surface area contributed by atoms with Crippen LogP contribution in [0.25, 0.3) is 0 Å². The smallest absolute Gasteiger partial charge is 0.462 e. The van der Waals surface area contributed by atoms with Crippen LogP contribution in [0.2, 0.25) is 0 Å². The predicted molar refractivity (Wildman–Crippen MR) is 240 cm³/mol. The number of esters is 2. The van der Waals surface area contributed by atoms with Gasteiger partial charge in [-0.2, -0.15) is 0 Å². The molecule has 8 atom stereocenters. The van der Waals surface area contributed by atoms with E-state index >= 15 is 0 Å². The van der Waals surface area contributed by atoms with E-state index in [2.05, 4.69) is 26.0 Å². The summed E-state index contributed by atoms with van der Waals surface area (Å²) >= 11 is 0. The molecular formula is C47H89O13P. The van der Waals surface area contributed by atoms with E-state index in [1.165, 1.54) is 122 Å². The number of unbranched alkanes of at least 4 members (excludes halogenated alkanes) is 27. The quantitative estimate of drug-likeness (QED) is 0.0146. The van der Waals surface area contributed by atoms with Gasteiger partial charge in [0.05, 0.1) is 6.61 Å². The Bertz CT molecular complexity index is 1120. The molecule has 0 aromatic carbocycles. The minimum Gasteiger partial charge on any atom is -0.462 e. The van der Waals surface area contributed by atoms with Gasteiger partial charge in [-0.05, 0) is 38.5 Å². The highest BCUT2D eigenvalue weighted by Gasteiger charge is 2.51. The first-order valence-electron chi connectivity index (χ1n) is 24.5. The van der Waals surface area contributed by atoms with Gasteiger partial charge in [-0.15, -0.1) is 0 Å². The van der Waals surface area contributed by atoms with E-state index in [-0.39, 0.29) is 12.8 Å². The van der Waals surface area contributed by atoms with Crippen molar-refractivity contribution in [3.8, 4) is 0 Å². The van der Waals surface area contributed by atoms with Crippen molar-refractivity contribution in [2.45, 2.75) is 262 Å². The van der Waals surface area contributed by atoms with Crippen LogP contribution < -0.4 is 0 Å². The second-order valence-electron chi connectivity index (χ2n) is 17.3. The Morgan fingerprint density at radius 2 is 0.836 bits per heavy atom. The SMILES string of the molecule is CCCCC/C=C/CCCCCCCC(=O)OC[C@H](COP(=O)(O)OC1C(O)C(O)C(O)[C@@H](O)C1O)OC(=O)CCCCCCCCCCCCCCCCCCCCCC. The van der Waals surface area contributed by atoms with E-state index in [0.717, 1.165) is 57.8 Å². The fourth-order valence-corrected chi connectivity index (χ4v) is 8.61. The summed E-state index contributed by atoms with van der Waals surface area (Å²) in [6, 6.07) is 0. The van der Waals surface area contributed by atoms with Crippen LogP contribution in [0.4, 0.5) is 0 Å². The first-order valence-corrected chi connectivity index (χ1v) is 26.0. The molecule has 0 spiro atoms.